The summed E-state index contributed by atoms with van der Waals surface area (Å²) < 4.78 is 12.2. The fourth-order valence-electron chi connectivity index (χ4n) is 9.86. The van der Waals surface area contributed by atoms with E-state index in [1.165, 1.54) is 5.06 Å². The zero-order chi connectivity index (χ0) is 45.9. The van der Waals surface area contributed by atoms with Gasteiger partial charge < -0.3 is 35.6 Å². The lowest BCUT2D eigenvalue weighted by Crippen LogP contribution is -2.60. The van der Waals surface area contributed by atoms with Crippen LogP contribution in [0.2, 0.25) is 0 Å². The van der Waals surface area contributed by atoms with Crippen molar-refractivity contribution >= 4 is 29.5 Å². The van der Waals surface area contributed by atoms with Gasteiger partial charge in [0.25, 0.3) is 5.91 Å². The Morgan fingerprint density at radius 2 is 1.63 bits per heavy atom. The lowest BCUT2D eigenvalue weighted by Gasteiger charge is -2.41. The topological polar surface area (TPSA) is 176 Å². The lowest BCUT2D eigenvalue weighted by atomic mass is 9.89. The van der Waals surface area contributed by atoms with Crippen molar-refractivity contribution < 1.29 is 38.3 Å². The molecule has 5 amide bonds. The number of ether oxygens (including phenoxy) is 2. The number of likely N-dealkylation sites (tertiary alicyclic amines) is 1. The molecule has 0 bridgehead atoms. The van der Waals surface area contributed by atoms with Crippen LogP contribution >= 0.6 is 0 Å². The summed E-state index contributed by atoms with van der Waals surface area (Å²) in [5.41, 5.74) is 5.60. The van der Waals surface area contributed by atoms with Crippen LogP contribution in [0.15, 0.2) is 30.3 Å². The quantitative estimate of drug-likeness (QED) is 0.146. The molecule has 10 atom stereocenters. The van der Waals surface area contributed by atoms with Crippen LogP contribution in [0.25, 0.3) is 0 Å². The molecule has 15 heteroatoms. The maximum atomic E-state index is 14.5. The van der Waals surface area contributed by atoms with Gasteiger partial charge in [-0.2, -0.15) is 0 Å². The number of amides is 5. The highest BCUT2D eigenvalue weighted by Crippen LogP contribution is 2.53. The lowest BCUT2D eigenvalue weighted by molar-refractivity contribution is -0.200. The second-order valence-electron chi connectivity index (χ2n) is 18.7. The highest BCUT2D eigenvalue weighted by molar-refractivity contribution is 5.96. The average molecular weight is 870 g/mol. The Morgan fingerprint density at radius 1 is 0.935 bits per heavy atom. The van der Waals surface area contributed by atoms with Gasteiger partial charge in [0.15, 0.2) is 0 Å². The van der Waals surface area contributed by atoms with Crippen LogP contribution in [0.5, 0.6) is 0 Å². The minimum atomic E-state index is -1.14. The minimum Gasteiger partial charge on any atom is -0.379 e. The number of likely N-dealkylation sites (N-methyl/N-ethyl adjacent to an activating group) is 2. The fraction of sp³-hybridized carbons (Fsp3) is 0.766. The van der Waals surface area contributed by atoms with Crippen molar-refractivity contribution in [3.8, 4) is 0 Å². The Balaban J connectivity index is 1.50. The van der Waals surface area contributed by atoms with Crippen LogP contribution in [0.1, 0.15) is 111 Å². The first-order valence-corrected chi connectivity index (χ1v) is 23.1. The van der Waals surface area contributed by atoms with E-state index in [9.17, 15) is 24.0 Å². The normalized spacial score (nSPS) is 23.7. The number of nitrogens with zero attached hydrogens (tertiary/aromatic N) is 4. The summed E-state index contributed by atoms with van der Waals surface area (Å²) in [6, 6.07) is 7.64. The molecule has 3 aliphatic rings. The highest BCUT2D eigenvalue weighted by Gasteiger charge is 2.64. The first kappa shape index (κ1) is 51.0. The second kappa shape index (κ2) is 23.3. The smallest absolute Gasteiger partial charge is 0.272 e. The van der Waals surface area contributed by atoms with Crippen LogP contribution in [0.4, 0.5) is 0 Å². The van der Waals surface area contributed by atoms with E-state index in [0.717, 1.165) is 37.7 Å². The van der Waals surface area contributed by atoms with Gasteiger partial charge in [0.1, 0.15) is 11.6 Å². The minimum absolute atomic E-state index is 0.00288. The molecule has 2 heterocycles. The van der Waals surface area contributed by atoms with Crippen molar-refractivity contribution in [1.82, 2.24) is 30.4 Å². The largest absolute Gasteiger partial charge is 0.379 e. The molecule has 4 rings (SSSR count). The van der Waals surface area contributed by atoms with Gasteiger partial charge in [-0.3, -0.25) is 33.7 Å². The van der Waals surface area contributed by atoms with Crippen LogP contribution in [0.3, 0.4) is 0 Å². The third-order valence-electron chi connectivity index (χ3n) is 13.7. The molecule has 0 spiro atoms. The third-order valence-corrected chi connectivity index (χ3v) is 13.7. The first-order valence-electron chi connectivity index (χ1n) is 23.1. The van der Waals surface area contributed by atoms with E-state index in [-0.39, 0.29) is 59.6 Å². The Kier molecular flexibility index (Phi) is 19.2. The van der Waals surface area contributed by atoms with Crippen molar-refractivity contribution in [3.05, 3.63) is 35.9 Å². The second-order valence-corrected chi connectivity index (χ2v) is 18.7. The van der Waals surface area contributed by atoms with Gasteiger partial charge in [0.2, 0.25) is 23.6 Å². The number of carbonyl (C=O) groups excluding carboxylic acids is 5. The number of rotatable bonds is 23. The summed E-state index contributed by atoms with van der Waals surface area (Å²) in [4.78, 5) is 82.4. The maximum absolute atomic E-state index is 14.5. The number of nitrogens with two attached hydrogens (primary N) is 1. The molecule has 2 saturated heterocycles. The third kappa shape index (κ3) is 11.9. The Bertz CT molecular complexity index is 1630. The molecule has 62 heavy (non-hydrogen) atoms. The molecule has 0 radical (unpaired) electrons. The molecule has 350 valence electrons. The average Bonchev–Trinajstić information content (AvgIpc) is 3.79. The molecular weight excluding hydrogens is 791 g/mol. The summed E-state index contributed by atoms with van der Waals surface area (Å²) in [6.45, 7) is 16.3. The SMILES string of the molecule is CCC(C)C(C(CC(=O)N1CCCC1C(OC)C(C)C(=O)NC1(C(=O)N2CCCCO2)CC1c1ccccc1)OC)N(C)C(=O)C(NC(=O)C(C(C)C)N(C)CCCN)C(C)C. The van der Waals surface area contributed by atoms with E-state index < -0.39 is 47.8 Å². The summed E-state index contributed by atoms with van der Waals surface area (Å²) in [5.74, 6) is -2.31. The number of hydrogen-bond acceptors (Lipinski definition) is 10. The number of benzene rings is 1. The molecule has 4 N–H and O–H groups in total. The number of carbonyl (C=O) groups is 5. The molecule has 3 fully saturated rings. The van der Waals surface area contributed by atoms with Crippen molar-refractivity contribution in [1.29, 1.82) is 0 Å². The summed E-state index contributed by atoms with van der Waals surface area (Å²) in [6.07, 6.45) is 3.71. The predicted molar refractivity (Wildman–Crippen MR) is 239 cm³/mol. The van der Waals surface area contributed by atoms with Gasteiger partial charge in [-0.1, -0.05) is 85.2 Å². The van der Waals surface area contributed by atoms with E-state index >= 15 is 0 Å². The van der Waals surface area contributed by atoms with Gasteiger partial charge in [0.05, 0.1) is 49.3 Å². The Labute approximate surface area is 371 Å². The molecule has 10 unspecified atom stereocenters. The van der Waals surface area contributed by atoms with Crippen LogP contribution in [0, 0.1) is 23.7 Å². The van der Waals surface area contributed by atoms with Gasteiger partial charge in [0, 0.05) is 40.3 Å². The van der Waals surface area contributed by atoms with E-state index in [1.54, 1.807) is 38.0 Å². The van der Waals surface area contributed by atoms with Crippen LogP contribution < -0.4 is 16.4 Å². The van der Waals surface area contributed by atoms with Gasteiger partial charge in [-0.05, 0) is 82.0 Å². The number of hydroxylamine groups is 2. The Morgan fingerprint density at radius 3 is 2.19 bits per heavy atom. The zero-order valence-corrected chi connectivity index (χ0v) is 39.6. The monoisotopic (exact) mass is 870 g/mol. The van der Waals surface area contributed by atoms with Gasteiger partial charge in [-0.15, -0.1) is 0 Å². The molecule has 1 aliphatic carbocycles. The molecule has 1 aromatic rings. The summed E-state index contributed by atoms with van der Waals surface area (Å²) in [5, 5.41) is 7.67. The molecule has 1 saturated carbocycles. The number of methoxy groups -OCH3 is 2. The van der Waals surface area contributed by atoms with Crippen molar-refractivity contribution in [2.24, 2.45) is 29.4 Å². The molecular formula is C47H79N7O8. The molecule has 1 aromatic carbocycles. The zero-order valence-electron chi connectivity index (χ0n) is 39.6. The summed E-state index contributed by atoms with van der Waals surface area (Å²) >= 11 is 0. The molecule has 0 aromatic heterocycles. The van der Waals surface area contributed by atoms with Crippen molar-refractivity contribution in [2.45, 2.75) is 148 Å². The number of hydrogen-bond donors (Lipinski definition) is 3. The van der Waals surface area contributed by atoms with Crippen molar-refractivity contribution in [3.63, 3.8) is 0 Å². The molecule has 2 aliphatic heterocycles. The van der Waals surface area contributed by atoms with Gasteiger partial charge in [-0.25, -0.2) is 5.06 Å². The highest BCUT2D eigenvalue weighted by atomic mass is 16.7. The van der Waals surface area contributed by atoms with E-state index in [2.05, 4.69) is 10.6 Å². The summed E-state index contributed by atoms with van der Waals surface area (Å²) in [7, 11) is 6.77. The standard InChI is InChI=1S/C47H79N7O8/c1-12-32(6)41(52(9)45(58)39(30(2)3)49-44(57)40(31(4)5)51(8)24-19-23-48)37(60-10)28-38(55)53-25-18-22-36(53)42(61-11)33(7)43(56)50-47(46(59)54-26-16-17-27-62-54)29-35(47)34-20-14-13-15-21-34/h13-15,20-21,30-33,35-37,39-42H,12,16-19,22-29,48H2,1-11H3,(H,49,57)(H,50,56). The first-order chi connectivity index (χ1) is 29.5. The van der Waals surface area contributed by atoms with E-state index in [1.807, 2.05) is 83.8 Å². The van der Waals surface area contributed by atoms with E-state index in [4.69, 9.17) is 20.0 Å². The molecule has 15 nitrogen and oxygen atoms in total. The fourth-order valence-corrected chi connectivity index (χ4v) is 9.86. The van der Waals surface area contributed by atoms with Crippen molar-refractivity contribution in [2.75, 3.05) is 61.1 Å². The predicted octanol–water partition coefficient (Wildman–Crippen LogP) is 3.95. The maximum Gasteiger partial charge on any atom is 0.272 e. The van der Waals surface area contributed by atoms with E-state index in [0.29, 0.717) is 45.6 Å². The van der Waals surface area contributed by atoms with Crippen LogP contribution in [-0.4, -0.2) is 152 Å². The Hall–Kier alpha value is -3.63. The number of nitrogens with one attached hydrogen (secondary N) is 2. The van der Waals surface area contributed by atoms with Crippen LogP contribution in [-0.2, 0) is 38.3 Å². The van der Waals surface area contributed by atoms with Gasteiger partial charge >= 0.3 is 0 Å².